The number of aromatic nitrogens is 3. The monoisotopic (exact) mass is 279 g/mol. The zero-order chi connectivity index (χ0) is 14.5. The van der Waals surface area contributed by atoms with Crippen molar-refractivity contribution in [2.45, 2.75) is 53.2 Å². The molecule has 0 radical (unpaired) electrons. The van der Waals surface area contributed by atoms with E-state index in [4.69, 9.17) is 0 Å². The SMILES string of the molecule is CC(C)Cn1ncnc1CN1CCCNC(C(C)C)C1. The van der Waals surface area contributed by atoms with Crippen molar-refractivity contribution in [3.8, 4) is 0 Å². The van der Waals surface area contributed by atoms with Gasteiger partial charge < -0.3 is 5.32 Å². The van der Waals surface area contributed by atoms with Crippen molar-refractivity contribution in [3.05, 3.63) is 12.2 Å². The molecule has 1 aliphatic heterocycles. The molecule has 20 heavy (non-hydrogen) atoms. The van der Waals surface area contributed by atoms with Crippen LogP contribution in [0.4, 0.5) is 0 Å². The van der Waals surface area contributed by atoms with E-state index in [1.807, 2.05) is 0 Å². The molecule has 114 valence electrons. The Kier molecular flexibility index (Phi) is 5.54. The van der Waals surface area contributed by atoms with Crippen molar-refractivity contribution in [2.24, 2.45) is 11.8 Å². The average molecular weight is 279 g/mol. The number of rotatable bonds is 5. The second-order valence-electron chi connectivity index (χ2n) is 6.65. The minimum absolute atomic E-state index is 0.582. The van der Waals surface area contributed by atoms with Gasteiger partial charge in [0.25, 0.3) is 0 Å². The zero-order valence-corrected chi connectivity index (χ0v) is 13.3. The van der Waals surface area contributed by atoms with Crippen LogP contribution in [-0.4, -0.2) is 45.3 Å². The second kappa shape index (κ2) is 7.18. The van der Waals surface area contributed by atoms with E-state index in [-0.39, 0.29) is 0 Å². The Bertz CT molecular complexity index is 399. The van der Waals surface area contributed by atoms with Gasteiger partial charge in [0.05, 0.1) is 6.54 Å². The third-order valence-electron chi connectivity index (χ3n) is 3.92. The van der Waals surface area contributed by atoms with Gasteiger partial charge in [-0.1, -0.05) is 27.7 Å². The summed E-state index contributed by atoms with van der Waals surface area (Å²) in [7, 11) is 0. The molecule has 2 heterocycles. The Hall–Kier alpha value is -0.940. The molecule has 1 fully saturated rings. The summed E-state index contributed by atoms with van der Waals surface area (Å²) in [5.74, 6) is 2.37. The summed E-state index contributed by atoms with van der Waals surface area (Å²) in [6.45, 7) is 14.3. The molecule has 5 heteroatoms. The van der Waals surface area contributed by atoms with Crippen LogP contribution in [0, 0.1) is 11.8 Å². The molecule has 2 rings (SSSR count). The van der Waals surface area contributed by atoms with Gasteiger partial charge in [-0.3, -0.25) is 4.90 Å². The fourth-order valence-electron chi connectivity index (χ4n) is 2.72. The fraction of sp³-hybridized carbons (Fsp3) is 0.867. The number of nitrogens with one attached hydrogen (secondary N) is 1. The van der Waals surface area contributed by atoms with Gasteiger partial charge in [0.15, 0.2) is 0 Å². The average Bonchev–Trinajstić information content (AvgIpc) is 2.65. The van der Waals surface area contributed by atoms with Gasteiger partial charge in [-0.2, -0.15) is 5.10 Å². The Balaban J connectivity index is 1.99. The summed E-state index contributed by atoms with van der Waals surface area (Å²) >= 11 is 0. The molecular weight excluding hydrogens is 250 g/mol. The minimum Gasteiger partial charge on any atom is -0.312 e. The highest BCUT2D eigenvalue weighted by atomic mass is 15.3. The van der Waals surface area contributed by atoms with Gasteiger partial charge in [-0.15, -0.1) is 0 Å². The molecule has 1 aromatic heterocycles. The van der Waals surface area contributed by atoms with E-state index in [0.29, 0.717) is 17.9 Å². The third kappa shape index (κ3) is 4.28. The smallest absolute Gasteiger partial charge is 0.141 e. The highest BCUT2D eigenvalue weighted by Crippen LogP contribution is 2.12. The van der Waals surface area contributed by atoms with Crippen LogP contribution in [-0.2, 0) is 13.1 Å². The van der Waals surface area contributed by atoms with E-state index in [1.165, 1.54) is 6.42 Å². The standard InChI is InChI=1S/C15H29N5/c1-12(2)8-20-15(17-11-18-20)10-19-7-5-6-16-14(9-19)13(3)4/h11-14,16H,5-10H2,1-4H3. The first-order valence-electron chi connectivity index (χ1n) is 7.88. The molecule has 0 saturated carbocycles. The summed E-state index contributed by atoms with van der Waals surface area (Å²) in [4.78, 5) is 6.97. The van der Waals surface area contributed by atoms with Gasteiger partial charge in [-0.05, 0) is 31.3 Å². The molecule has 1 aromatic rings. The van der Waals surface area contributed by atoms with E-state index < -0.39 is 0 Å². The topological polar surface area (TPSA) is 46.0 Å². The van der Waals surface area contributed by atoms with Crippen molar-refractivity contribution < 1.29 is 0 Å². The molecule has 1 unspecified atom stereocenters. The van der Waals surface area contributed by atoms with Gasteiger partial charge in [0.1, 0.15) is 12.2 Å². The van der Waals surface area contributed by atoms with Gasteiger partial charge >= 0.3 is 0 Å². The summed E-state index contributed by atoms with van der Waals surface area (Å²) in [6, 6.07) is 0.582. The molecule has 1 N–H and O–H groups in total. The predicted octanol–water partition coefficient (Wildman–Crippen LogP) is 1.75. The molecule has 1 atom stereocenters. The Morgan fingerprint density at radius 1 is 1.35 bits per heavy atom. The van der Waals surface area contributed by atoms with E-state index in [9.17, 15) is 0 Å². The first kappa shape index (κ1) is 15.4. The quantitative estimate of drug-likeness (QED) is 0.892. The molecule has 0 amide bonds. The lowest BCUT2D eigenvalue weighted by Crippen LogP contribution is -2.41. The molecule has 1 aliphatic rings. The number of hydrogen-bond donors (Lipinski definition) is 1. The lowest BCUT2D eigenvalue weighted by Gasteiger charge is -2.26. The summed E-state index contributed by atoms with van der Waals surface area (Å²) in [5.41, 5.74) is 0. The zero-order valence-electron chi connectivity index (χ0n) is 13.3. The highest BCUT2D eigenvalue weighted by Gasteiger charge is 2.21. The Labute approximate surface area is 122 Å². The van der Waals surface area contributed by atoms with Crippen LogP contribution in [0.1, 0.15) is 39.9 Å². The van der Waals surface area contributed by atoms with Crippen LogP contribution in [0.3, 0.4) is 0 Å². The lowest BCUT2D eigenvalue weighted by atomic mass is 10.0. The molecule has 1 saturated heterocycles. The van der Waals surface area contributed by atoms with Crippen LogP contribution in [0.25, 0.3) is 0 Å². The van der Waals surface area contributed by atoms with Crippen LogP contribution in [0.2, 0.25) is 0 Å². The maximum absolute atomic E-state index is 4.45. The molecular formula is C15H29N5. The first-order valence-corrected chi connectivity index (χ1v) is 7.88. The number of nitrogens with zero attached hydrogens (tertiary/aromatic N) is 4. The van der Waals surface area contributed by atoms with Crippen LogP contribution in [0.15, 0.2) is 6.33 Å². The molecule has 0 spiro atoms. The van der Waals surface area contributed by atoms with Crippen molar-refractivity contribution in [2.75, 3.05) is 19.6 Å². The molecule has 0 bridgehead atoms. The van der Waals surface area contributed by atoms with Gasteiger partial charge in [-0.25, -0.2) is 9.67 Å². The van der Waals surface area contributed by atoms with E-state index in [0.717, 1.165) is 38.5 Å². The number of hydrogen-bond acceptors (Lipinski definition) is 4. The first-order chi connectivity index (χ1) is 9.56. The second-order valence-corrected chi connectivity index (χ2v) is 6.65. The Morgan fingerprint density at radius 2 is 2.15 bits per heavy atom. The normalized spacial score (nSPS) is 21.6. The maximum atomic E-state index is 4.45. The lowest BCUT2D eigenvalue weighted by molar-refractivity contribution is 0.228. The molecule has 0 aliphatic carbocycles. The van der Waals surface area contributed by atoms with E-state index in [2.05, 4.69) is 52.7 Å². The summed E-state index contributed by atoms with van der Waals surface area (Å²) in [6.07, 6.45) is 2.90. The summed E-state index contributed by atoms with van der Waals surface area (Å²) < 4.78 is 2.06. The van der Waals surface area contributed by atoms with Crippen molar-refractivity contribution in [1.29, 1.82) is 0 Å². The van der Waals surface area contributed by atoms with E-state index >= 15 is 0 Å². The Morgan fingerprint density at radius 3 is 2.85 bits per heavy atom. The molecule has 0 aromatic carbocycles. The fourth-order valence-corrected chi connectivity index (χ4v) is 2.72. The van der Waals surface area contributed by atoms with Crippen molar-refractivity contribution in [1.82, 2.24) is 25.0 Å². The van der Waals surface area contributed by atoms with Gasteiger partial charge in [0.2, 0.25) is 0 Å². The highest BCUT2D eigenvalue weighted by molar-refractivity contribution is 4.88. The van der Waals surface area contributed by atoms with E-state index in [1.54, 1.807) is 6.33 Å². The van der Waals surface area contributed by atoms with Crippen LogP contribution in [0.5, 0.6) is 0 Å². The van der Waals surface area contributed by atoms with Gasteiger partial charge in [0, 0.05) is 19.1 Å². The maximum Gasteiger partial charge on any atom is 0.141 e. The van der Waals surface area contributed by atoms with Crippen molar-refractivity contribution in [3.63, 3.8) is 0 Å². The van der Waals surface area contributed by atoms with Crippen molar-refractivity contribution >= 4 is 0 Å². The minimum atomic E-state index is 0.582. The summed E-state index contributed by atoms with van der Waals surface area (Å²) in [5, 5.41) is 8.02. The largest absolute Gasteiger partial charge is 0.312 e. The third-order valence-corrected chi connectivity index (χ3v) is 3.92. The van der Waals surface area contributed by atoms with Crippen LogP contribution < -0.4 is 5.32 Å². The predicted molar refractivity (Wildman–Crippen MR) is 81.4 cm³/mol. The van der Waals surface area contributed by atoms with Crippen LogP contribution >= 0.6 is 0 Å². The molecule has 5 nitrogen and oxygen atoms in total.